The van der Waals surface area contributed by atoms with Crippen molar-refractivity contribution in [3.63, 3.8) is 0 Å². The van der Waals surface area contributed by atoms with Gasteiger partial charge in [-0.1, -0.05) is 24.3 Å². The topological polar surface area (TPSA) is 110 Å². The molecule has 2 N–H and O–H groups in total. The Hall–Kier alpha value is -3.16. The Labute approximate surface area is 132 Å². The molecule has 0 radical (unpaired) electrons. The average Bonchev–Trinajstić information content (AvgIpc) is 2.88. The van der Waals surface area contributed by atoms with E-state index in [9.17, 15) is 14.9 Å². The summed E-state index contributed by atoms with van der Waals surface area (Å²) in [6.45, 7) is 3.62. The minimum atomic E-state index is -1.14. The van der Waals surface area contributed by atoms with Crippen LogP contribution in [0.2, 0.25) is 0 Å². The van der Waals surface area contributed by atoms with E-state index in [-0.39, 0.29) is 5.69 Å². The Morgan fingerprint density at radius 2 is 2.35 bits per heavy atom. The lowest BCUT2D eigenvalue weighted by atomic mass is 10.00. The molecule has 0 bridgehead atoms. The van der Waals surface area contributed by atoms with Crippen LogP contribution in [0.15, 0.2) is 43.1 Å². The molecule has 1 aromatic carbocycles. The number of benzene rings is 1. The van der Waals surface area contributed by atoms with Gasteiger partial charge in [0.15, 0.2) is 0 Å². The molecule has 0 fully saturated rings. The first-order valence-corrected chi connectivity index (χ1v) is 6.81. The number of aryl methyl sites for hydroxylation is 1. The number of nitrogens with zero attached hydrogens (tertiary/aromatic N) is 3. The molecule has 1 aromatic heterocycles. The lowest BCUT2D eigenvalue weighted by Crippen LogP contribution is -2.26. The van der Waals surface area contributed by atoms with Crippen LogP contribution in [0.5, 0.6) is 0 Å². The first-order valence-electron chi connectivity index (χ1n) is 6.81. The molecule has 8 heteroatoms. The summed E-state index contributed by atoms with van der Waals surface area (Å²) in [5, 5.41) is 26.4. The minimum Gasteiger partial charge on any atom is -0.465 e. The standard InChI is InChI=1S/C15H16N4O4/c1-3-5-12(17-15(20)21)10-6-4-7-11(8-10)14-13(19(22)23)9-16-18(14)2/h3-4,6-9,12,17H,1,5H2,2H3,(H,20,21)/t12-/m0/s1. The van der Waals surface area contributed by atoms with Crippen LogP contribution in [-0.4, -0.2) is 25.9 Å². The second kappa shape index (κ2) is 6.73. The van der Waals surface area contributed by atoms with Crippen molar-refractivity contribution in [3.05, 3.63) is 58.8 Å². The lowest BCUT2D eigenvalue weighted by Gasteiger charge is -2.16. The van der Waals surface area contributed by atoms with Crippen LogP contribution >= 0.6 is 0 Å². The Morgan fingerprint density at radius 3 is 2.96 bits per heavy atom. The van der Waals surface area contributed by atoms with Crippen molar-refractivity contribution in [1.29, 1.82) is 0 Å². The number of hydrogen-bond acceptors (Lipinski definition) is 4. The summed E-state index contributed by atoms with van der Waals surface area (Å²) in [6.07, 6.45) is 2.07. The molecule has 1 heterocycles. The van der Waals surface area contributed by atoms with Crippen LogP contribution in [-0.2, 0) is 7.05 Å². The van der Waals surface area contributed by atoms with Crippen molar-refractivity contribution in [2.45, 2.75) is 12.5 Å². The van der Waals surface area contributed by atoms with E-state index in [0.29, 0.717) is 23.2 Å². The van der Waals surface area contributed by atoms with Crippen LogP contribution in [0.3, 0.4) is 0 Å². The maximum atomic E-state index is 11.1. The summed E-state index contributed by atoms with van der Waals surface area (Å²) < 4.78 is 1.42. The van der Waals surface area contributed by atoms with Gasteiger partial charge in [0.2, 0.25) is 0 Å². The molecule has 120 valence electrons. The van der Waals surface area contributed by atoms with Gasteiger partial charge in [-0.15, -0.1) is 6.58 Å². The average molecular weight is 316 g/mol. The maximum absolute atomic E-state index is 11.1. The van der Waals surface area contributed by atoms with Gasteiger partial charge in [0.05, 0.1) is 11.0 Å². The molecule has 1 atom stereocenters. The fraction of sp³-hybridized carbons (Fsp3) is 0.200. The molecule has 2 rings (SSSR count). The van der Waals surface area contributed by atoms with Gasteiger partial charge in [0, 0.05) is 12.6 Å². The molecule has 0 aliphatic heterocycles. The molecule has 0 saturated carbocycles. The second-order valence-corrected chi connectivity index (χ2v) is 4.91. The van der Waals surface area contributed by atoms with E-state index >= 15 is 0 Å². The third kappa shape index (κ3) is 3.54. The number of carboxylic acid groups (broad SMARTS) is 1. The molecule has 23 heavy (non-hydrogen) atoms. The van der Waals surface area contributed by atoms with Gasteiger partial charge < -0.3 is 10.4 Å². The molecular formula is C15H16N4O4. The van der Waals surface area contributed by atoms with Gasteiger partial charge >= 0.3 is 11.8 Å². The van der Waals surface area contributed by atoms with Crippen LogP contribution in [0.4, 0.5) is 10.5 Å². The van der Waals surface area contributed by atoms with Crippen LogP contribution in [0, 0.1) is 10.1 Å². The zero-order valence-electron chi connectivity index (χ0n) is 12.5. The van der Waals surface area contributed by atoms with E-state index in [2.05, 4.69) is 17.0 Å². The van der Waals surface area contributed by atoms with Crippen molar-refractivity contribution >= 4 is 11.8 Å². The smallest absolute Gasteiger partial charge is 0.405 e. The fourth-order valence-electron chi connectivity index (χ4n) is 2.39. The van der Waals surface area contributed by atoms with Gasteiger partial charge in [-0.05, 0) is 18.1 Å². The molecule has 1 amide bonds. The predicted octanol–water partition coefficient (Wildman–Crippen LogP) is 2.88. The molecule has 2 aromatic rings. The molecule has 0 spiro atoms. The van der Waals surface area contributed by atoms with E-state index in [0.717, 1.165) is 0 Å². The number of carbonyl (C=O) groups is 1. The fourth-order valence-corrected chi connectivity index (χ4v) is 2.39. The van der Waals surface area contributed by atoms with E-state index in [4.69, 9.17) is 5.11 Å². The van der Waals surface area contributed by atoms with Crippen molar-refractivity contribution in [2.75, 3.05) is 0 Å². The minimum absolute atomic E-state index is 0.101. The number of nitro groups is 1. The summed E-state index contributed by atoms with van der Waals surface area (Å²) in [4.78, 5) is 21.5. The molecule has 0 unspecified atom stereocenters. The highest BCUT2D eigenvalue weighted by Crippen LogP contribution is 2.31. The number of hydrogen-bond donors (Lipinski definition) is 2. The zero-order chi connectivity index (χ0) is 17.0. The normalized spacial score (nSPS) is 11.7. The summed E-state index contributed by atoms with van der Waals surface area (Å²) in [5.74, 6) is 0. The Morgan fingerprint density at radius 1 is 1.61 bits per heavy atom. The molecule has 8 nitrogen and oxygen atoms in total. The van der Waals surface area contributed by atoms with E-state index in [1.807, 2.05) is 0 Å². The van der Waals surface area contributed by atoms with Crippen LogP contribution in [0.1, 0.15) is 18.0 Å². The predicted molar refractivity (Wildman–Crippen MR) is 84.0 cm³/mol. The SMILES string of the molecule is C=CC[C@H](NC(=O)O)c1cccc(-c2c([N+](=O)[O-])cnn2C)c1. The number of amides is 1. The third-order valence-corrected chi connectivity index (χ3v) is 3.38. The zero-order valence-corrected chi connectivity index (χ0v) is 12.5. The monoisotopic (exact) mass is 316 g/mol. The first-order chi connectivity index (χ1) is 10.9. The highest BCUT2D eigenvalue weighted by atomic mass is 16.6. The van der Waals surface area contributed by atoms with E-state index in [1.54, 1.807) is 37.4 Å². The summed E-state index contributed by atoms with van der Waals surface area (Å²) >= 11 is 0. The van der Waals surface area contributed by atoms with Gasteiger partial charge in [0.25, 0.3) is 0 Å². The highest BCUT2D eigenvalue weighted by Gasteiger charge is 2.21. The van der Waals surface area contributed by atoms with Gasteiger partial charge in [-0.25, -0.2) is 4.79 Å². The lowest BCUT2D eigenvalue weighted by molar-refractivity contribution is -0.384. The highest BCUT2D eigenvalue weighted by molar-refractivity contribution is 5.70. The van der Waals surface area contributed by atoms with Crippen molar-refractivity contribution < 1.29 is 14.8 Å². The molecular weight excluding hydrogens is 300 g/mol. The molecule has 0 aliphatic carbocycles. The molecule has 0 aliphatic rings. The first kappa shape index (κ1) is 16.2. The largest absolute Gasteiger partial charge is 0.465 e. The number of rotatable bonds is 6. The van der Waals surface area contributed by atoms with E-state index < -0.39 is 17.1 Å². The van der Waals surface area contributed by atoms with E-state index in [1.165, 1.54) is 10.9 Å². The van der Waals surface area contributed by atoms with Crippen molar-refractivity contribution in [3.8, 4) is 11.3 Å². The second-order valence-electron chi connectivity index (χ2n) is 4.91. The Balaban J connectivity index is 2.47. The van der Waals surface area contributed by atoms with Crippen molar-refractivity contribution in [2.24, 2.45) is 7.05 Å². The molecule has 0 saturated heterocycles. The van der Waals surface area contributed by atoms with Crippen LogP contribution in [0.25, 0.3) is 11.3 Å². The number of aromatic nitrogens is 2. The Kier molecular flexibility index (Phi) is 4.75. The quantitative estimate of drug-likeness (QED) is 0.483. The summed E-state index contributed by atoms with van der Waals surface area (Å²) in [5.41, 5.74) is 1.55. The Bertz CT molecular complexity index is 754. The maximum Gasteiger partial charge on any atom is 0.405 e. The van der Waals surface area contributed by atoms with Gasteiger partial charge in [-0.2, -0.15) is 5.10 Å². The van der Waals surface area contributed by atoms with Gasteiger partial charge in [-0.3, -0.25) is 14.8 Å². The summed E-state index contributed by atoms with van der Waals surface area (Å²) in [6, 6.07) is 6.45. The van der Waals surface area contributed by atoms with Gasteiger partial charge in [0.1, 0.15) is 11.9 Å². The summed E-state index contributed by atoms with van der Waals surface area (Å²) in [7, 11) is 1.62. The van der Waals surface area contributed by atoms with Crippen LogP contribution < -0.4 is 5.32 Å². The third-order valence-electron chi connectivity index (χ3n) is 3.38. The number of nitrogens with one attached hydrogen (secondary N) is 1. The van der Waals surface area contributed by atoms with Crippen molar-refractivity contribution in [1.82, 2.24) is 15.1 Å².